The maximum absolute atomic E-state index is 12.2. The molecule has 3 rings (SSSR count). The standard InChI is InChI=1S/C20H16F3N3O.CH5N.2CH2O/c1-2-4-14-5-3-6-15(11-14)18-12-19(25-13-24-18)26-16-7-9-17(10-8-16)27-20(21,22)23;3*1-2/h2-13H,1H3,(H,24,25,26);2H2,1H3;2*1H2/b4-2+;;;. The summed E-state index contributed by atoms with van der Waals surface area (Å²) in [5.74, 6) is 0.248. The zero-order valence-electron chi connectivity index (χ0n) is 18.2. The first-order chi connectivity index (χ1) is 15.9. The van der Waals surface area contributed by atoms with Crippen LogP contribution in [0.2, 0.25) is 0 Å². The van der Waals surface area contributed by atoms with Crippen LogP contribution in [0.5, 0.6) is 5.75 Å². The monoisotopic (exact) mass is 462 g/mol. The molecule has 0 aliphatic rings. The Labute approximate surface area is 190 Å². The van der Waals surface area contributed by atoms with Gasteiger partial charge in [-0.2, -0.15) is 0 Å². The van der Waals surface area contributed by atoms with Crippen LogP contribution in [0.15, 0.2) is 67.0 Å². The van der Waals surface area contributed by atoms with E-state index in [-0.39, 0.29) is 5.75 Å². The number of anilines is 2. The predicted molar refractivity (Wildman–Crippen MR) is 123 cm³/mol. The van der Waals surface area contributed by atoms with Gasteiger partial charge in [0.25, 0.3) is 0 Å². The Kier molecular flexibility index (Phi) is 13.8. The van der Waals surface area contributed by atoms with Crippen LogP contribution in [-0.2, 0) is 9.59 Å². The Bertz CT molecular complexity index is 979. The van der Waals surface area contributed by atoms with Gasteiger partial charge in [0, 0.05) is 17.3 Å². The van der Waals surface area contributed by atoms with Gasteiger partial charge in [-0.25, -0.2) is 9.97 Å². The lowest BCUT2D eigenvalue weighted by molar-refractivity contribution is -0.274. The minimum absolute atomic E-state index is 0.280. The van der Waals surface area contributed by atoms with E-state index in [1.807, 2.05) is 56.9 Å². The zero-order valence-corrected chi connectivity index (χ0v) is 18.2. The second-order valence-corrected chi connectivity index (χ2v) is 5.61. The highest BCUT2D eigenvalue weighted by Gasteiger charge is 2.30. The highest BCUT2D eigenvalue weighted by Crippen LogP contribution is 2.26. The molecule has 3 N–H and O–H groups in total. The van der Waals surface area contributed by atoms with Crippen molar-refractivity contribution in [2.24, 2.45) is 5.73 Å². The lowest BCUT2D eigenvalue weighted by atomic mass is 10.1. The average Bonchev–Trinajstić information content (AvgIpc) is 2.84. The number of nitrogens with zero attached hydrogens (tertiary/aromatic N) is 2. The van der Waals surface area contributed by atoms with Crippen molar-refractivity contribution in [1.82, 2.24) is 9.97 Å². The van der Waals surface area contributed by atoms with Crippen molar-refractivity contribution in [3.8, 4) is 17.0 Å². The molecule has 0 bridgehead atoms. The molecule has 3 aromatic rings. The summed E-state index contributed by atoms with van der Waals surface area (Å²) in [6.45, 7) is 5.95. The minimum atomic E-state index is -4.71. The molecule has 0 saturated carbocycles. The van der Waals surface area contributed by atoms with Crippen LogP contribution in [0.1, 0.15) is 12.5 Å². The van der Waals surface area contributed by atoms with Gasteiger partial charge in [-0.1, -0.05) is 30.4 Å². The largest absolute Gasteiger partial charge is 0.573 e. The van der Waals surface area contributed by atoms with Crippen LogP contribution in [-0.4, -0.2) is 37.0 Å². The number of aromatic nitrogens is 2. The fourth-order valence-electron chi connectivity index (χ4n) is 2.47. The van der Waals surface area contributed by atoms with Gasteiger partial charge in [-0.05, 0) is 49.9 Å². The van der Waals surface area contributed by atoms with Gasteiger partial charge in [0.2, 0.25) is 0 Å². The summed E-state index contributed by atoms with van der Waals surface area (Å²) >= 11 is 0. The summed E-state index contributed by atoms with van der Waals surface area (Å²) in [6, 6.07) is 15.1. The van der Waals surface area contributed by atoms with Crippen molar-refractivity contribution in [2.75, 3.05) is 12.4 Å². The second-order valence-electron chi connectivity index (χ2n) is 5.61. The molecule has 10 heteroatoms. The number of carbonyl (C=O) groups excluding carboxylic acids is 2. The van der Waals surface area contributed by atoms with Crippen LogP contribution < -0.4 is 15.8 Å². The molecule has 0 aliphatic carbocycles. The van der Waals surface area contributed by atoms with E-state index >= 15 is 0 Å². The number of allylic oxidation sites excluding steroid dienone is 1. The average molecular weight is 462 g/mol. The van der Waals surface area contributed by atoms with Gasteiger partial charge in [0.05, 0.1) is 5.69 Å². The number of hydrogen-bond acceptors (Lipinski definition) is 7. The maximum Gasteiger partial charge on any atom is 0.573 e. The number of halogens is 3. The van der Waals surface area contributed by atoms with Crippen molar-refractivity contribution in [2.45, 2.75) is 13.3 Å². The SMILES string of the molecule is C/C=C/c1cccc(-c2cc(Nc3ccc(OC(F)(F)F)cc3)ncn2)c1.C=O.C=O.CN. The summed E-state index contributed by atoms with van der Waals surface area (Å²) < 4.78 is 40.5. The van der Waals surface area contributed by atoms with E-state index in [1.54, 1.807) is 6.07 Å². The van der Waals surface area contributed by atoms with Gasteiger partial charge in [0.1, 0.15) is 31.5 Å². The summed E-state index contributed by atoms with van der Waals surface area (Å²) in [7, 11) is 1.50. The molecule has 176 valence electrons. The molecular formula is C23H25F3N4O3. The van der Waals surface area contributed by atoms with E-state index in [9.17, 15) is 13.2 Å². The van der Waals surface area contributed by atoms with E-state index in [2.05, 4.69) is 25.8 Å². The van der Waals surface area contributed by atoms with Gasteiger partial charge < -0.3 is 25.4 Å². The van der Waals surface area contributed by atoms with E-state index in [1.165, 1.54) is 37.6 Å². The number of nitrogens with one attached hydrogen (secondary N) is 1. The molecule has 0 saturated heterocycles. The number of ether oxygens (including phenoxy) is 1. The first-order valence-corrected chi connectivity index (χ1v) is 9.26. The quantitative estimate of drug-likeness (QED) is 0.548. The number of hydrogen-bond donors (Lipinski definition) is 2. The van der Waals surface area contributed by atoms with Gasteiger partial charge in [-0.3, -0.25) is 0 Å². The molecule has 0 unspecified atom stereocenters. The first kappa shape index (κ1) is 28.9. The molecule has 0 amide bonds. The number of alkyl halides is 3. The Morgan fingerprint density at radius 2 is 1.61 bits per heavy atom. The van der Waals surface area contributed by atoms with E-state index in [4.69, 9.17) is 9.59 Å². The molecule has 0 spiro atoms. The summed E-state index contributed by atoms with van der Waals surface area (Å²) in [5.41, 5.74) is 7.81. The highest BCUT2D eigenvalue weighted by molar-refractivity contribution is 5.68. The maximum atomic E-state index is 12.2. The summed E-state index contributed by atoms with van der Waals surface area (Å²) in [5, 5.41) is 3.04. The second kappa shape index (κ2) is 15.7. The lowest BCUT2D eigenvalue weighted by Crippen LogP contribution is -2.16. The third kappa shape index (κ3) is 10.7. The molecule has 0 radical (unpaired) electrons. The first-order valence-electron chi connectivity index (χ1n) is 9.26. The van der Waals surface area contributed by atoms with Crippen LogP contribution in [0, 0.1) is 0 Å². The van der Waals surface area contributed by atoms with Crippen molar-refractivity contribution in [3.05, 3.63) is 72.6 Å². The number of nitrogens with two attached hydrogens (primary N) is 1. The van der Waals surface area contributed by atoms with Crippen molar-refractivity contribution in [3.63, 3.8) is 0 Å². The minimum Gasteiger partial charge on any atom is -0.406 e. The van der Waals surface area contributed by atoms with Crippen molar-refractivity contribution in [1.29, 1.82) is 0 Å². The van der Waals surface area contributed by atoms with Crippen molar-refractivity contribution >= 4 is 31.2 Å². The van der Waals surface area contributed by atoms with Gasteiger partial charge in [-0.15, -0.1) is 13.2 Å². The van der Waals surface area contributed by atoms with Crippen LogP contribution in [0.4, 0.5) is 24.7 Å². The topological polar surface area (TPSA) is 107 Å². The summed E-state index contributed by atoms with van der Waals surface area (Å²) in [4.78, 5) is 24.4. The van der Waals surface area contributed by atoms with Crippen LogP contribution in [0.25, 0.3) is 17.3 Å². The molecule has 1 heterocycles. The molecular weight excluding hydrogens is 437 g/mol. The van der Waals surface area contributed by atoms with E-state index in [0.29, 0.717) is 11.5 Å². The number of benzene rings is 2. The smallest absolute Gasteiger partial charge is 0.406 e. The lowest BCUT2D eigenvalue weighted by Gasteiger charge is -2.10. The van der Waals surface area contributed by atoms with E-state index < -0.39 is 6.36 Å². The third-order valence-electron chi connectivity index (χ3n) is 3.57. The van der Waals surface area contributed by atoms with Crippen LogP contribution in [0.3, 0.4) is 0 Å². The molecule has 2 aromatic carbocycles. The molecule has 0 atom stereocenters. The third-order valence-corrected chi connectivity index (χ3v) is 3.57. The molecule has 1 aromatic heterocycles. The predicted octanol–water partition coefficient (Wildman–Crippen LogP) is 5.02. The van der Waals surface area contributed by atoms with Gasteiger partial charge in [0.15, 0.2) is 0 Å². The van der Waals surface area contributed by atoms with Crippen molar-refractivity contribution < 1.29 is 27.5 Å². The molecule has 0 aliphatic heterocycles. The number of rotatable bonds is 5. The Balaban J connectivity index is 0.00000158. The molecule has 0 fully saturated rings. The fraction of sp³-hybridized carbons (Fsp3) is 0.130. The molecule has 33 heavy (non-hydrogen) atoms. The Morgan fingerprint density at radius 1 is 0.970 bits per heavy atom. The normalized spacial score (nSPS) is 9.88. The van der Waals surface area contributed by atoms with Crippen LogP contribution >= 0.6 is 0 Å². The highest BCUT2D eigenvalue weighted by atomic mass is 19.4. The molecule has 7 nitrogen and oxygen atoms in total. The zero-order chi connectivity index (χ0) is 25.3. The Hall–Kier alpha value is -4.05. The number of carbonyl (C=O) groups is 2. The fourth-order valence-corrected chi connectivity index (χ4v) is 2.47. The van der Waals surface area contributed by atoms with E-state index in [0.717, 1.165) is 16.8 Å². The van der Waals surface area contributed by atoms with Gasteiger partial charge >= 0.3 is 6.36 Å². The Morgan fingerprint density at radius 3 is 2.18 bits per heavy atom. The summed E-state index contributed by atoms with van der Waals surface area (Å²) in [6.07, 6.45) is 0.672.